The molecule has 36 heavy (non-hydrogen) atoms. The highest BCUT2D eigenvalue weighted by Crippen LogP contribution is 2.38. The topological polar surface area (TPSA) is 71.5 Å². The van der Waals surface area contributed by atoms with E-state index in [-0.39, 0.29) is 11.8 Å². The SMILES string of the molecule is Cc1cc(OC(F)(F)F)ccc1Oc1ccnc(N2CCC(NC(=S)Nc3cccnc3)CC2)c1Cl. The van der Waals surface area contributed by atoms with Crippen LogP contribution >= 0.6 is 23.8 Å². The second-order valence-electron chi connectivity index (χ2n) is 8.13. The highest BCUT2D eigenvalue weighted by atomic mass is 35.5. The molecule has 0 spiro atoms. The van der Waals surface area contributed by atoms with E-state index < -0.39 is 6.36 Å². The van der Waals surface area contributed by atoms with Crippen molar-refractivity contribution in [2.75, 3.05) is 23.3 Å². The molecule has 0 amide bonds. The molecule has 3 heterocycles. The summed E-state index contributed by atoms with van der Waals surface area (Å²) in [7, 11) is 0. The highest BCUT2D eigenvalue weighted by molar-refractivity contribution is 7.80. The summed E-state index contributed by atoms with van der Waals surface area (Å²) in [6.45, 7) is 3.03. The highest BCUT2D eigenvalue weighted by Gasteiger charge is 2.31. The van der Waals surface area contributed by atoms with Crippen LogP contribution in [0.3, 0.4) is 0 Å². The summed E-state index contributed by atoms with van der Waals surface area (Å²) in [4.78, 5) is 10.6. The molecule has 0 unspecified atom stereocenters. The van der Waals surface area contributed by atoms with Gasteiger partial charge in [0.05, 0.1) is 11.9 Å². The minimum absolute atomic E-state index is 0.191. The molecule has 0 radical (unpaired) electrons. The van der Waals surface area contributed by atoms with E-state index in [9.17, 15) is 13.2 Å². The van der Waals surface area contributed by atoms with Gasteiger partial charge in [-0.1, -0.05) is 11.6 Å². The summed E-state index contributed by atoms with van der Waals surface area (Å²) < 4.78 is 47.3. The molecule has 2 N–H and O–H groups in total. The van der Waals surface area contributed by atoms with Gasteiger partial charge in [-0.05, 0) is 67.9 Å². The molecule has 1 fully saturated rings. The summed E-state index contributed by atoms with van der Waals surface area (Å²) >= 11 is 12.0. The predicted molar refractivity (Wildman–Crippen MR) is 136 cm³/mol. The average Bonchev–Trinajstić information content (AvgIpc) is 2.82. The Morgan fingerprint density at radius 2 is 1.92 bits per heavy atom. The summed E-state index contributed by atoms with van der Waals surface area (Å²) in [6.07, 6.45) is 1.86. The lowest BCUT2D eigenvalue weighted by atomic mass is 10.1. The molecule has 2 aromatic heterocycles. The lowest BCUT2D eigenvalue weighted by Crippen LogP contribution is -2.46. The van der Waals surface area contributed by atoms with Crippen LogP contribution in [0, 0.1) is 6.92 Å². The fourth-order valence-corrected chi connectivity index (χ4v) is 4.35. The standard InChI is InChI=1S/C24H23ClF3N5O2S/c1-15-13-18(35-24(26,27)28)4-5-19(15)34-20-6-10-30-22(21(20)25)33-11-7-16(8-12-33)31-23(36)32-17-3-2-9-29-14-17/h2-6,9-10,13-14,16H,7-8,11-12H2,1H3,(H2,31,32,36). The zero-order valence-electron chi connectivity index (χ0n) is 19.2. The first-order valence-corrected chi connectivity index (χ1v) is 11.9. The molecule has 0 bridgehead atoms. The van der Waals surface area contributed by atoms with Crippen molar-refractivity contribution in [2.24, 2.45) is 0 Å². The van der Waals surface area contributed by atoms with Crippen LogP contribution in [0.4, 0.5) is 24.7 Å². The first-order chi connectivity index (χ1) is 17.2. The van der Waals surface area contributed by atoms with E-state index >= 15 is 0 Å². The van der Waals surface area contributed by atoms with E-state index in [0.29, 0.717) is 46.1 Å². The first-order valence-electron chi connectivity index (χ1n) is 11.1. The molecule has 4 rings (SSSR count). The number of aryl methyl sites for hydroxylation is 1. The normalized spacial score (nSPS) is 14.3. The van der Waals surface area contributed by atoms with Crippen molar-refractivity contribution in [1.29, 1.82) is 0 Å². The number of rotatable bonds is 6. The van der Waals surface area contributed by atoms with Gasteiger partial charge in [0.1, 0.15) is 16.5 Å². The van der Waals surface area contributed by atoms with Crippen LogP contribution in [0.1, 0.15) is 18.4 Å². The number of hydrogen-bond donors (Lipinski definition) is 2. The van der Waals surface area contributed by atoms with Gasteiger partial charge in [0.2, 0.25) is 0 Å². The van der Waals surface area contributed by atoms with Gasteiger partial charge in [-0.25, -0.2) is 4.98 Å². The molecule has 1 aromatic carbocycles. The van der Waals surface area contributed by atoms with Gasteiger partial charge < -0.3 is 25.0 Å². The Balaban J connectivity index is 1.36. The lowest BCUT2D eigenvalue weighted by Gasteiger charge is -2.34. The third kappa shape index (κ3) is 6.88. The number of halogens is 4. The molecular weight excluding hydrogens is 515 g/mol. The Hall–Kier alpha value is -3.31. The third-order valence-electron chi connectivity index (χ3n) is 5.48. The van der Waals surface area contributed by atoms with Crippen molar-refractivity contribution in [3.63, 3.8) is 0 Å². The van der Waals surface area contributed by atoms with Crippen LogP contribution in [-0.4, -0.2) is 40.6 Å². The van der Waals surface area contributed by atoms with Crippen molar-refractivity contribution in [2.45, 2.75) is 32.2 Å². The molecule has 7 nitrogen and oxygen atoms in total. The number of piperidine rings is 1. The lowest BCUT2D eigenvalue weighted by molar-refractivity contribution is -0.274. The summed E-state index contributed by atoms with van der Waals surface area (Å²) in [6, 6.07) is 9.38. The average molecular weight is 538 g/mol. The van der Waals surface area contributed by atoms with Gasteiger partial charge in [-0.2, -0.15) is 0 Å². The van der Waals surface area contributed by atoms with E-state index in [4.69, 9.17) is 28.6 Å². The van der Waals surface area contributed by atoms with E-state index in [2.05, 4.69) is 30.2 Å². The summed E-state index contributed by atoms with van der Waals surface area (Å²) in [5.74, 6) is 0.983. The maximum atomic E-state index is 12.5. The minimum Gasteiger partial charge on any atom is -0.455 e. The van der Waals surface area contributed by atoms with Crippen LogP contribution in [0.25, 0.3) is 0 Å². The number of aromatic nitrogens is 2. The monoisotopic (exact) mass is 537 g/mol. The van der Waals surface area contributed by atoms with Crippen LogP contribution in [0.5, 0.6) is 17.2 Å². The van der Waals surface area contributed by atoms with Crippen LogP contribution in [0.2, 0.25) is 5.02 Å². The van der Waals surface area contributed by atoms with Crippen molar-refractivity contribution in [3.05, 3.63) is 65.6 Å². The van der Waals surface area contributed by atoms with Crippen molar-refractivity contribution in [1.82, 2.24) is 15.3 Å². The Kier molecular flexibility index (Phi) is 8.00. The fourth-order valence-electron chi connectivity index (χ4n) is 3.79. The van der Waals surface area contributed by atoms with Crippen molar-refractivity contribution < 1.29 is 22.6 Å². The van der Waals surface area contributed by atoms with Crippen molar-refractivity contribution in [3.8, 4) is 17.2 Å². The number of benzene rings is 1. The number of nitrogens with one attached hydrogen (secondary N) is 2. The largest absolute Gasteiger partial charge is 0.573 e. The number of hydrogen-bond acceptors (Lipinski definition) is 6. The molecule has 0 atom stereocenters. The molecule has 12 heteroatoms. The predicted octanol–water partition coefficient (Wildman–Crippen LogP) is 6.08. The van der Waals surface area contributed by atoms with Gasteiger partial charge in [-0.15, -0.1) is 13.2 Å². The number of alkyl halides is 3. The molecule has 0 saturated carbocycles. The van der Waals surface area contributed by atoms with Gasteiger partial charge >= 0.3 is 6.36 Å². The molecule has 1 aliphatic heterocycles. The molecule has 190 valence electrons. The van der Waals surface area contributed by atoms with Gasteiger partial charge in [0, 0.05) is 37.6 Å². The zero-order chi connectivity index (χ0) is 25.7. The first kappa shape index (κ1) is 25.8. The molecular formula is C24H23ClF3N5O2S. The van der Waals surface area contributed by atoms with Gasteiger partial charge in [0.25, 0.3) is 0 Å². The smallest absolute Gasteiger partial charge is 0.455 e. The van der Waals surface area contributed by atoms with Crippen molar-refractivity contribution >= 4 is 40.4 Å². The Labute approximate surface area is 216 Å². The van der Waals surface area contributed by atoms with Crippen LogP contribution < -0.4 is 25.0 Å². The molecule has 1 saturated heterocycles. The number of ether oxygens (including phenoxy) is 2. The third-order valence-corrected chi connectivity index (χ3v) is 6.06. The quantitative estimate of drug-likeness (QED) is 0.366. The van der Waals surface area contributed by atoms with E-state index in [0.717, 1.165) is 18.5 Å². The second kappa shape index (κ2) is 11.2. The summed E-state index contributed by atoms with van der Waals surface area (Å²) in [5, 5.41) is 7.32. The fraction of sp³-hybridized carbons (Fsp3) is 0.292. The second-order valence-corrected chi connectivity index (χ2v) is 8.91. The number of nitrogens with zero attached hydrogens (tertiary/aromatic N) is 3. The van der Waals surface area contributed by atoms with Crippen LogP contribution in [0.15, 0.2) is 55.0 Å². The number of pyridine rings is 2. The van der Waals surface area contributed by atoms with Gasteiger partial charge in [-0.3, -0.25) is 4.98 Å². The minimum atomic E-state index is -4.76. The zero-order valence-corrected chi connectivity index (χ0v) is 20.8. The van der Waals surface area contributed by atoms with E-state index in [1.165, 1.54) is 18.2 Å². The van der Waals surface area contributed by atoms with Crippen LogP contribution in [-0.2, 0) is 0 Å². The Bertz CT molecular complexity index is 1210. The molecule has 0 aliphatic carbocycles. The Morgan fingerprint density at radius 1 is 1.14 bits per heavy atom. The summed E-state index contributed by atoms with van der Waals surface area (Å²) in [5.41, 5.74) is 1.28. The molecule has 3 aromatic rings. The number of thiocarbonyl (C=S) groups is 1. The Morgan fingerprint density at radius 3 is 2.58 bits per heavy atom. The number of anilines is 2. The van der Waals surface area contributed by atoms with Gasteiger partial charge in [0.15, 0.2) is 16.7 Å². The molecule has 1 aliphatic rings. The van der Waals surface area contributed by atoms with E-state index in [1.807, 2.05) is 12.1 Å². The maximum Gasteiger partial charge on any atom is 0.573 e. The van der Waals surface area contributed by atoms with E-state index in [1.54, 1.807) is 31.6 Å². The maximum absolute atomic E-state index is 12.5.